The lowest BCUT2D eigenvalue weighted by molar-refractivity contribution is -0.151. The van der Waals surface area contributed by atoms with E-state index in [2.05, 4.69) is 86.8 Å². The summed E-state index contributed by atoms with van der Waals surface area (Å²) in [6.45, 7) is 6.35. The van der Waals surface area contributed by atoms with Gasteiger partial charge in [-0.2, -0.15) is 0 Å². The third kappa shape index (κ3) is 46.1. The smallest absolute Gasteiger partial charge is 0.306 e. The molecule has 3 atom stereocenters. The SMILES string of the molecule is CC/C=C/C/C=C/C/C=C/CCCCCCCCC(=O)OC(CCCCCC/C=C/C=C/CCCCC)CC(=O)NC(CO)C(O)CCCCCCCCCCCCCCCCCC. The van der Waals surface area contributed by atoms with Crippen LogP contribution in [0, 0.1) is 0 Å². The quantitative estimate of drug-likeness (QED) is 0.0245. The number of nitrogens with one attached hydrogen (secondary N) is 1. The van der Waals surface area contributed by atoms with Gasteiger partial charge in [-0.25, -0.2) is 0 Å². The van der Waals surface area contributed by atoms with E-state index in [1.807, 2.05) is 0 Å². The number of hydrogen-bond donors (Lipinski definition) is 3. The van der Waals surface area contributed by atoms with Gasteiger partial charge in [0.15, 0.2) is 0 Å². The van der Waals surface area contributed by atoms with Gasteiger partial charge in [0.1, 0.15) is 6.10 Å². The van der Waals surface area contributed by atoms with Crippen molar-refractivity contribution in [3.63, 3.8) is 0 Å². The van der Waals surface area contributed by atoms with E-state index >= 15 is 0 Å². The van der Waals surface area contributed by atoms with Gasteiger partial charge in [-0.05, 0) is 83.5 Å². The molecule has 1 amide bonds. The molecule has 0 radical (unpaired) electrons. The molecule has 0 aliphatic carbocycles. The summed E-state index contributed by atoms with van der Waals surface area (Å²) >= 11 is 0. The fraction of sp³-hybridized carbons (Fsp3) is 0.793. The molecule has 3 unspecified atom stereocenters. The van der Waals surface area contributed by atoms with Gasteiger partial charge in [-0.1, -0.05) is 236 Å². The number of aliphatic hydroxyl groups is 2. The Morgan fingerprint density at radius 3 is 1.41 bits per heavy atom. The molecule has 0 aromatic rings. The average Bonchev–Trinajstić information content (AvgIpc) is 3.29. The van der Waals surface area contributed by atoms with Crippen molar-refractivity contribution in [3.05, 3.63) is 60.8 Å². The lowest BCUT2D eigenvalue weighted by Gasteiger charge is -2.24. The summed E-state index contributed by atoms with van der Waals surface area (Å²) in [5.74, 6) is -0.504. The number of unbranched alkanes of at least 4 members (excludes halogenated alkanes) is 28. The molecule has 3 N–H and O–H groups in total. The predicted octanol–water partition coefficient (Wildman–Crippen LogP) is 16.8. The van der Waals surface area contributed by atoms with E-state index < -0.39 is 18.2 Å². The molecule has 0 aliphatic heterocycles. The van der Waals surface area contributed by atoms with E-state index in [9.17, 15) is 19.8 Å². The Labute approximate surface area is 397 Å². The Balaban J connectivity index is 4.57. The van der Waals surface area contributed by atoms with Crippen LogP contribution in [0.3, 0.4) is 0 Å². The molecule has 372 valence electrons. The molecule has 64 heavy (non-hydrogen) atoms. The predicted molar refractivity (Wildman–Crippen MR) is 278 cm³/mol. The molecule has 0 heterocycles. The summed E-state index contributed by atoms with van der Waals surface area (Å²) in [6, 6.07) is -0.712. The first kappa shape index (κ1) is 61.6. The highest BCUT2D eigenvalue weighted by Gasteiger charge is 2.24. The minimum absolute atomic E-state index is 0.0579. The van der Waals surface area contributed by atoms with Crippen LogP contribution in [-0.2, 0) is 14.3 Å². The lowest BCUT2D eigenvalue weighted by Crippen LogP contribution is -2.46. The summed E-state index contributed by atoms with van der Waals surface area (Å²) in [7, 11) is 0. The van der Waals surface area contributed by atoms with Gasteiger partial charge in [0.05, 0.1) is 25.2 Å². The van der Waals surface area contributed by atoms with E-state index in [0.29, 0.717) is 19.3 Å². The van der Waals surface area contributed by atoms with Crippen molar-refractivity contribution in [1.82, 2.24) is 5.32 Å². The first-order valence-corrected chi connectivity index (χ1v) is 27.5. The topological polar surface area (TPSA) is 95.9 Å². The van der Waals surface area contributed by atoms with Gasteiger partial charge in [0.2, 0.25) is 5.91 Å². The summed E-state index contributed by atoms with van der Waals surface area (Å²) in [6.07, 6.45) is 64.2. The molecule has 0 rings (SSSR count). The van der Waals surface area contributed by atoms with E-state index in [0.717, 1.165) is 103 Å². The van der Waals surface area contributed by atoms with Crippen LogP contribution in [0.4, 0.5) is 0 Å². The summed E-state index contributed by atoms with van der Waals surface area (Å²) in [4.78, 5) is 26.2. The van der Waals surface area contributed by atoms with Crippen molar-refractivity contribution >= 4 is 11.9 Å². The molecule has 0 aromatic carbocycles. The van der Waals surface area contributed by atoms with Crippen LogP contribution < -0.4 is 5.32 Å². The number of hydrogen-bond acceptors (Lipinski definition) is 5. The van der Waals surface area contributed by atoms with Gasteiger partial charge in [0, 0.05) is 6.42 Å². The fourth-order valence-corrected chi connectivity index (χ4v) is 8.20. The van der Waals surface area contributed by atoms with Crippen molar-refractivity contribution in [3.8, 4) is 0 Å². The maximum Gasteiger partial charge on any atom is 0.306 e. The Hall–Kier alpha value is -2.44. The van der Waals surface area contributed by atoms with E-state index in [1.54, 1.807) is 0 Å². The largest absolute Gasteiger partial charge is 0.462 e. The average molecular weight is 896 g/mol. The highest BCUT2D eigenvalue weighted by molar-refractivity contribution is 5.77. The number of amides is 1. The highest BCUT2D eigenvalue weighted by Crippen LogP contribution is 2.18. The van der Waals surface area contributed by atoms with Crippen LogP contribution in [0.2, 0.25) is 0 Å². The molecule has 0 saturated heterocycles. The number of carbonyl (C=O) groups is 2. The molecule has 0 aromatic heterocycles. The molecule has 0 spiro atoms. The van der Waals surface area contributed by atoms with Crippen LogP contribution in [0.15, 0.2) is 60.8 Å². The number of esters is 1. The molecule has 0 aliphatic rings. The number of ether oxygens (including phenoxy) is 1. The summed E-state index contributed by atoms with van der Waals surface area (Å²) in [5.41, 5.74) is 0. The molecule has 0 fully saturated rings. The van der Waals surface area contributed by atoms with Gasteiger partial charge in [-0.3, -0.25) is 9.59 Å². The Bertz CT molecular complexity index is 1140. The van der Waals surface area contributed by atoms with Crippen LogP contribution in [0.1, 0.15) is 271 Å². The zero-order valence-corrected chi connectivity index (χ0v) is 42.4. The molecular formula is C58H105NO5. The van der Waals surface area contributed by atoms with Crippen molar-refractivity contribution in [1.29, 1.82) is 0 Å². The fourth-order valence-electron chi connectivity index (χ4n) is 8.20. The van der Waals surface area contributed by atoms with Crippen LogP contribution in [0.25, 0.3) is 0 Å². The monoisotopic (exact) mass is 896 g/mol. The zero-order valence-electron chi connectivity index (χ0n) is 42.4. The second kappa shape index (κ2) is 51.5. The third-order valence-corrected chi connectivity index (χ3v) is 12.4. The normalized spacial score (nSPS) is 13.6. The van der Waals surface area contributed by atoms with Gasteiger partial charge < -0.3 is 20.3 Å². The first-order valence-electron chi connectivity index (χ1n) is 27.5. The number of carbonyl (C=O) groups excluding carboxylic acids is 2. The van der Waals surface area contributed by atoms with Gasteiger partial charge >= 0.3 is 5.97 Å². The van der Waals surface area contributed by atoms with Crippen LogP contribution >= 0.6 is 0 Å². The van der Waals surface area contributed by atoms with E-state index in [-0.39, 0.29) is 24.9 Å². The molecule has 0 bridgehead atoms. The Morgan fingerprint density at radius 1 is 0.484 bits per heavy atom. The van der Waals surface area contributed by atoms with Crippen molar-refractivity contribution in [2.45, 2.75) is 289 Å². The van der Waals surface area contributed by atoms with Crippen LogP contribution in [0.5, 0.6) is 0 Å². The van der Waals surface area contributed by atoms with E-state index in [1.165, 1.54) is 122 Å². The van der Waals surface area contributed by atoms with E-state index in [4.69, 9.17) is 4.74 Å². The van der Waals surface area contributed by atoms with Crippen molar-refractivity contribution in [2.75, 3.05) is 6.61 Å². The molecule has 0 saturated carbocycles. The maximum absolute atomic E-state index is 13.2. The molecule has 6 nitrogen and oxygen atoms in total. The summed E-state index contributed by atoms with van der Waals surface area (Å²) in [5, 5.41) is 23.8. The zero-order chi connectivity index (χ0) is 46.7. The van der Waals surface area contributed by atoms with Crippen LogP contribution in [-0.4, -0.2) is 46.9 Å². The van der Waals surface area contributed by atoms with Crippen molar-refractivity contribution < 1.29 is 24.5 Å². The number of allylic oxidation sites excluding steroid dienone is 10. The number of rotatable bonds is 49. The second-order valence-electron chi connectivity index (χ2n) is 18.6. The summed E-state index contributed by atoms with van der Waals surface area (Å²) < 4.78 is 5.93. The standard InChI is InChI=1S/C58H105NO5/c1-4-7-10-13-16-19-22-25-27-29-32-35-38-41-44-47-50-56(61)55(53-60)59-57(62)52-54(49-46-43-40-37-34-31-24-21-18-15-12-9-6-3)64-58(63)51-48-45-42-39-36-33-30-28-26-23-20-17-14-11-8-5-2/h8,11,17-18,20-21,24,26,28,31,54-56,60-61H,4-7,9-10,12-16,19,22-23,25,27,29-30,32-53H2,1-3H3,(H,59,62)/b11-8+,20-17+,21-18+,28-26+,31-24+. The highest BCUT2D eigenvalue weighted by atomic mass is 16.5. The van der Waals surface area contributed by atoms with Gasteiger partial charge in [0.25, 0.3) is 0 Å². The Kier molecular flexibility index (Phi) is 49.6. The lowest BCUT2D eigenvalue weighted by atomic mass is 10.0. The first-order chi connectivity index (χ1) is 31.5. The minimum Gasteiger partial charge on any atom is -0.462 e. The minimum atomic E-state index is -0.797. The molecule has 6 heteroatoms. The Morgan fingerprint density at radius 2 is 0.891 bits per heavy atom. The number of aliphatic hydroxyl groups excluding tert-OH is 2. The van der Waals surface area contributed by atoms with Crippen molar-refractivity contribution in [2.24, 2.45) is 0 Å². The second-order valence-corrected chi connectivity index (χ2v) is 18.6. The third-order valence-electron chi connectivity index (χ3n) is 12.4. The van der Waals surface area contributed by atoms with Gasteiger partial charge in [-0.15, -0.1) is 0 Å². The molecular weight excluding hydrogens is 791 g/mol. The maximum atomic E-state index is 13.2.